The van der Waals surface area contributed by atoms with E-state index in [0.29, 0.717) is 5.92 Å². The standard InChI is InChI=1S/C21H25N5S/c1-3-13-26-20(16-9-5-4-6-10-16)24-25-21(26)27-14-19-15(2)22-17-11-7-8-12-18(17)23-19/h3,7-8,11-12,16H,1,4-6,9-10,13-14H2,2H3. The van der Waals surface area contributed by atoms with Gasteiger partial charge in [0.15, 0.2) is 5.16 Å². The molecule has 1 fully saturated rings. The zero-order chi connectivity index (χ0) is 18.6. The molecule has 2 heterocycles. The van der Waals surface area contributed by atoms with Crippen molar-refractivity contribution in [2.75, 3.05) is 0 Å². The number of rotatable bonds is 6. The Morgan fingerprint density at radius 2 is 1.85 bits per heavy atom. The summed E-state index contributed by atoms with van der Waals surface area (Å²) in [5.41, 5.74) is 3.86. The number of aromatic nitrogens is 5. The predicted octanol–water partition coefficient (Wildman–Crippen LogP) is 5.06. The van der Waals surface area contributed by atoms with Crippen molar-refractivity contribution in [2.24, 2.45) is 0 Å². The van der Waals surface area contributed by atoms with Crippen LogP contribution in [0.25, 0.3) is 11.0 Å². The number of hydrogen-bond donors (Lipinski definition) is 0. The summed E-state index contributed by atoms with van der Waals surface area (Å²) in [6.45, 7) is 6.70. The first-order chi connectivity index (χ1) is 13.3. The normalized spacial score (nSPS) is 15.3. The average molecular weight is 380 g/mol. The number of allylic oxidation sites excluding steroid dienone is 1. The smallest absolute Gasteiger partial charge is 0.191 e. The van der Waals surface area contributed by atoms with Crippen molar-refractivity contribution in [2.45, 2.75) is 62.4 Å². The average Bonchev–Trinajstić information content (AvgIpc) is 3.10. The molecular formula is C21H25N5S. The van der Waals surface area contributed by atoms with Crippen LogP contribution in [0.4, 0.5) is 0 Å². The lowest BCUT2D eigenvalue weighted by molar-refractivity contribution is 0.415. The van der Waals surface area contributed by atoms with Gasteiger partial charge in [-0.3, -0.25) is 0 Å². The molecule has 0 bridgehead atoms. The number of aryl methyl sites for hydroxylation is 1. The molecule has 1 aliphatic carbocycles. The van der Waals surface area contributed by atoms with Gasteiger partial charge in [-0.1, -0.05) is 49.2 Å². The quantitative estimate of drug-likeness (QED) is 0.443. The molecule has 2 aromatic heterocycles. The third-order valence-corrected chi connectivity index (χ3v) is 6.19. The van der Waals surface area contributed by atoms with Crippen LogP contribution >= 0.6 is 11.8 Å². The maximum atomic E-state index is 4.80. The van der Waals surface area contributed by atoms with E-state index < -0.39 is 0 Å². The molecule has 6 heteroatoms. The molecule has 1 aromatic carbocycles. The molecular weight excluding hydrogens is 354 g/mol. The highest BCUT2D eigenvalue weighted by Crippen LogP contribution is 2.33. The summed E-state index contributed by atoms with van der Waals surface area (Å²) >= 11 is 1.69. The lowest BCUT2D eigenvalue weighted by atomic mass is 9.89. The number of benzene rings is 1. The minimum Gasteiger partial charge on any atom is -0.302 e. The number of fused-ring (bicyclic) bond motifs is 1. The van der Waals surface area contributed by atoms with Crippen LogP contribution in [0, 0.1) is 6.92 Å². The van der Waals surface area contributed by atoms with Crippen LogP contribution in [0.1, 0.15) is 55.2 Å². The van der Waals surface area contributed by atoms with E-state index in [2.05, 4.69) is 21.3 Å². The van der Waals surface area contributed by atoms with E-state index in [1.54, 1.807) is 11.8 Å². The van der Waals surface area contributed by atoms with Crippen LogP contribution in [0.15, 0.2) is 42.1 Å². The molecule has 0 radical (unpaired) electrons. The lowest BCUT2D eigenvalue weighted by Crippen LogP contribution is -2.12. The largest absolute Gasteiger partial charge is 0.302 e. The first-order valence-electron chi connectivity index (χ1n) is 9.65. The third kappa shape index (κ3) is 3.90. The Hall–Kier alpha value is -2.21. The molecule has 0 N–H and O–H groups in total. The Labute approximate surface area is 164 Å². The zero-order valence-electron chi connectivity index (χ0n) is 15.8. The van der Waals surface area contributed by atoms with Crippen LogP contribution in [0.3, 0.4) is 0 Å². The van der Waals surface area contributed by atoms with Gasteiger partial charge in [0.25, 0.3) is 0 Å². The van der Waals surface area contributed by atoms with Crippen molar-refractivity contribution < 1.29 is 0 Å². The molecule has 1 saturated carbocycles. The summed E-state index contributed by atoms with van der Waals surface area (Å²) in [5.74, 6) is 2.39. The second kappa shape index (κ2) is 8.21. The highest BCUT2D eigenvalue weighted by Gasteiger charge is 2.23. The highest BCUT2D eigenvalue weighted by molar-refractivity contribution is 7.98. The molecule has 0 saturated heterocycles. The monoisotopic (exact) mass is 379 g/mol. The molecule has 4 rings (SSSR count). The van der Waals surface area contributed by atoms with Gasteiger partial charge in [-0.2, -0.15) is 0 Å². The van der Waals surface area contributed by atoms with Crippen LogP contribution in [0.2, 0.25) is 0 Å². The zero-order valence-corrected chi connectivity index (χ0v) is 16.6. The second-order valence-electron chi connectivity index (χ2n) is 7.11. The Morgan fingerprint density at radius 3 is 2.59 bits per heavy atom. The van der Waals surface area contributed by atoms with Gasteiger partial charge in [0, 0.05) is 18.2 Å². The van der Waals surface area contributed by atoms with E-state index >= 15 is 0 Å². The van der Waals surface area contributed by atoms with Gasteiger partial charge >= 0.3 is 0 Å². The summed E-state index contributed by atoms with van der Waals surface area (Å²) in [4.78, 5) is 9.49. The Morgan fingerprint density at radius 1 is 1.11 bits per heavy atom. The minimum absolute atomic E-state index is 0.530. The lowest BCUT2D eigenvalue weighted by Gasteiger charge is -2.21. The van der Waals surface area contributed by atoms with Crippen molar-refractivity contribution in [3.8, 4) is 0 Å². The molecule has 0 atom stereocenters. The van der Waals surface area contributed by atoms with Gasteiger partial charge in [-0.05, 0) is 31.9 Å². The van der Waals surface area contributed by atoms with Gasteiger partial charge in [0.1, 0.15) is 5.82 Å². The van der Waals surface area contributed by atoms with Crippen LogP contribution in [-0.4, -0.2) is 24.7 Å². The van der Waals surface area contributed by atoms with E-state index in [1.807, 2.05) is 37.3 Å². The Balaban J connectivity index is 1.56. The summed E-state index contributed by atoms with van der Waals surface area (Å²) in [6.07, 6.45) is 8.29. The molecule has 0 amide bonds. The fraction of sp³-hybridized carbons (Fsp3) is 0.429. The number of para-hydroxylation sites is 2. The maximum Gasteiger partial charge on any atom is 0.191 e. The molecule has 27 heavy (non-hydrogen) atoms. The molecule has 3 aromatic rings. The molecule has 0 unspecified atom stereocenters. The first-order valence-corrected chi connectivity index (χ1v) is 10.6. The van der Waals surface area contributed by atoms with Crippen molar-refractivity contribution >= 4 is 22.8 Å². The Bertz CT molecular complexity index is 943. The van der Waals surface area contributed by atoms with Crippen molar-refractivity contribution in [1.82, 2.24) is 24.7 Å². The minimum atomic E-state index is 0.530. The number of hydrogen-bond acceptors (Lipinski definition) is 5. The third-order valence-electron chi connectivity index (χ3n) is 5.21. The van der Waals surface area contributed by atoms with E-state index in [0.717, 1.165) is 45.7 Å². The molecule has 5 nitrogen and oxygen atoms in total. The summed E-state index contributed by atoms with van der Waals surface area (Å²) < 4.78 is 2.23. The summed E-state index contributed by atoms with van der Waals surface area (Å²) in [7, 11) is 0. The van der Waals surface area contributed by atoms with Gasteiger partial charge in [0.2, 0.25) is 0 Å². The van der Waals surface area contributed by atoms with Crippen molar-refractivity contribution in [3.63, 3.8) is 0 Å². The molecule has 1 aliphatic rings. The van der Waals surface area contributed by atoms with Gasteiger partial charge in [0.05, 0.1) is 22.4 Å². The van der Waals surface area contributed by atoms with E-state index in [9.17, 15) is 0 Å². The van der Waals surface area contributed by atoms with Crippen molar-refractivity contribution in [1.29, 1.82) is 0 Å². The van der Waals surface area contributed by atoms with Gasteiger partial charge in [-0.15, -0.1) is 16.8 Å². The van der Waals surface area contributed by atoms with Crippen LogP contribution < -0.4 is 0 Å². The molecule has 140 valence electrons. The summed E-state index contributed by atoms with van der Waals surface area (Å²) in [5, 5.41) is 10.00. The number of thioether (sulfide) groups is 1. The summed E-state index contributed by atoms with van der Waals surface area (Å²) in [6, 6.07) is 8.01. The van der Waals surface area contributed by atoms with E-state index in [-0.39, 0.29) is 0 Å². The Kier molecular flexibility index (Phi) is 5.53. The topological polar surface area (TPSA) is 56.5 Å². The SMILES string of the molecule is C=CCn1c(SCc2nc3ccccc3nc2C)nnc1C1CCCCC1. The van der Waals surface area contributed by atoms with Gasteiger partial charge < -0.3 is 4.57 Å². The van der Waals surface area contributed by atoms with E-state index in [4.69, 9.17) is 9.97 Å². The maximum absolute atomic E-state index is 4.80. The van der Waals surface area contributed by atoms with Crippen LogP contribution in [0.5, 0.6) is 0 Å². The highest BCUT2D eigenvalue weighted by atomic mass is 32.2. The molecule has 0 spiro atoms. The fourth-order valence-electron chi connectivity index (χ4n) is 3.76. The second-order valence-corrected chi connectivity index (χ2v) is 8.05. The predicted molar refractivity (Wildman–Crippen MR) is 110 cm³/mol. The van der Waals surface area contributed by atoms with Gasteiger partial charge in [-0.25, -0.2) is 9.97 Å². The number of nitrogens with zero attached hydrogens (tertiary/aromatic N) is 5. The fourth-order valence-corrected chi connectivity index (χ4v) is 4.73. The first kappa shape index (κ1) is 18.2. The molecule has 0 aliphatic heterocycles. The van der Waals surface area contributed by atoms with Crippen molar-refractivity contribution in [3.05, 3.63) is 54.1 Å². The van der Waals surface area contributed by atoms with E-state index in [1.165, 1.54) is 32.1 Å². The van der Waals surface area contributed by atoms with Crippen LogP contribution in [-0.2, 0) is 12.3 Å².